The first-order chi connectivity index (χ1) is 22.0. The summed E-state index contributed by atoms with van der Waals surface area (Å²) in [5.74, 6) is -1.31. The lowest BCUT2D eigenvalue weighted by molar-refractivity contribution is -0.147. The lowest BCUT2D eigenvalue weighted by atomic mass is 9.90. The summed E-state index contributed by atoms with van der Waals surface area (Å²) in [6, 6.07) is 14.9. The first kappa shape index (κ1) is 33.3. The van der Waals surface area contributed by atoms with Crippen molar-refractivity contribution in [3.8, 4) is 11.7 Å². The molecule has 3 aromatic rings. The summed E-state index contributed by atoms with van der Waals surface area (Å²) in [4.78, 5) is 42.5. The minimum absolute atomic E-state index is 0.0156. The van der Waals surface area contributed by atoms with E-state index in [4.69, 9.17) is 14.0 Å². The van der Waals surface area contributed by atoms with E-state index in [1.165, 1.54) is 23.8 Å². The van der Waals surface area contributed by atoms with Crippen LogP contribution in [0.2, 0.25) is 0 Å². The molecule has 0 saturated carbocycles. The van der Waals surface area contributed by atoms with Crippen molar-refractivity contribution < 1.29 is 38.6 Å². The van der Waals surface area contributed by atoms with Crippen LogP contribution in [0.3, 0.4) is 0 Å². The van der Waals surface area contributed by atoms with E-state index in [9.17, 15) is 24.6 Å². The van der Waals surface area contributed by atoms with Gasteiger partial charge in [-0.1, -0.05) is 53.7 Å². The Kier molecular flexibility index (Phi) is 10.2. The number of aliphatic hydroxyl groups excluding tert-OH is 2. The van der Waals surface area contributed by atoms with Crippen molar-refractivity contribution in [3.05, 3.63) is 77.0 Å². The van der Waals surface area contributed by atoms with Gasteiger partial charge in [-0.05, 0) is 45.2 Å². The Balaban J connectivity index is 1.32. The van der Waals surface area contributed by atoms with Gasteiger partial charge in [0.05, 0.1) is 36.8 Å². The van der Waals surface area contributed by atoms with Crippen molar-refractivity contribution in [3.63, 3.8) is 0 Å². The summed E-state index contributed by atoms with van der Waals surface area (Å²) in [6.45, 7) is 5.57. The zero-order valence-corrected chi connectivity index (χ0v) is 27.1. The molecule has 246 valence electrons. The molecule has 2 aliphatic rings. The Morgan fingerprint density at radius 2 is 1.87 bits per heavy atom. The Morgan fingerprint density at radius 1 is 1.15 bits per heavy atom. The predicted octanol–water partition coefficient (Wildman–Crippen LogP) is 2.51. The normalized spacial score (nSPS) is 21.4. The zero-order valence-electron chi connectivity index (χ0n) is 26.3. The number of carbonyl (C=O) groups excluding carboxylic acids is 3. The first-order valence-electron chi connectivity index (χ1n) is 15.1. The number of rotatable bonds is 11. The molecule has 46 heavy (non-hydrogen) atoms. The van der Waals surface area contributed by atoms with Crippen LogP contribution in [0.15, 0.2) is 59.1 Å². The van der Waals surface area contributed by atoms with Gasteiger partial charge >= 0.3 is 5.95 Å². The minimum atomic E-state index is -1.56. The third kappa shape index (κ3) is 7.16. The topological polar surface area (TPSA) is 163 Å². The highest BCUT2D eigenvalue weighted by Gasteiger charge is 2.49. The number of hydrogen-bond donors (Lipinski definition) is 4. The molecule has 0 spiro atoms. The molecular weight excluding hydrogens is 612 g/mol. The number of hydrogen-bond acceptors (Lipinski definition) is 10. The molecule has 3 amide bonds. The van der Waals surface area contributed by atoms with Crippen LogP contribution in [0.5, 0.6) is 11.7 Å². The van der Waals surface area contributed by atoms with Gasteiger partial charge in [-0.2, -0.15) is 0 Å². The average molecular weight is 653 g/mol. The fraction of sp³-hybridized carbons (Fsp3) is 0.455. The highest BCUT2D eigenvalue weighted by atomic mass is 32.2. The molecule has 3 heterocycles. The maximum atomic E-state index is 13.8. The van der Waals surface area contributed by atoms with Crippen LogP contribution in [0, 0.1) is 12.8 Å². The van der Waals surface area contributed by atoms with Crippen LogP contribution in [0.25, 0.3) is 0 Å². The Labute approximate surface area is 271 Å². The monoisotopic (exact) mass is 652 g/mol. The molecule has 12 nitrogen and oxygen atoms in total. The van der Waals surface area contributed by atoms with E-state index in [2.05, 4.69) is 15.8 Å². The maximum Gasteiger partial charge on any atom is 0.316 e. The van der Waals surface area contributed by atoms with E-state index in [1.54, 1.807) is 25.1 Å². The van der Waals surface area contributed by atoms with Gasteiger partial charge < -0.3 is 39.7 Å². The fourth-order valence-electron chi connectivity index (χ4n) is 5.95. The van der Waals surface area contributed by atoms with Gasteiger partial charge in [-0.15, -0.1) is 11.8 Å². The second kappa shape index (κ2) is 14.1. The van der Waals surface area contributed by atoms with Gasteiger partial charge in [0.15, 0.2) is 0 Å². The molecule has 2 aliphatic heterocycles. The molecule has 0 aliphatic carbocycles. The largest absolute Gasteiger partial charge is 0.490 e. The van der Waals surface area contributed by atoms with Crippen LogP contribution in [0.4, 0.5) is 0 Å². The molecule has 5 rings (SSSR count). The zero-order chi connectivity index (χ0) is 33.0. The SMILES string of the molecule is COc1onc(C)c1CNC(=O)[C@H]1N(C(=O)[C@@H](O)C[C@H](Cc2ccccc2)C(=O)N[C@H]2c3ccccc3OC[C@H]2O)CSC1(C)C. The van der Waals surface area contributed by atoms with E-state index >= 15 is 0 Å². The summed E-state index contributed by atoms with van der Waals surface area (Å²) >= 11 is 1.43. The number of aryl methyl sites for hydroxylation is 1. The number of nitrogens with zero attached hydrogens (tertiary/aromatic N) is 2. The molecule has 1 saturated heterocycles. The van der Waals surface area contributed by atoms with E-state index in [1.807, 2.05) is 50.2 Å². The average Bonchev–Trinajstić information content (AvgIpc) is 3.58. The summed E-state index contributed by atoms with van der Waals surface area (Å²) in [5.41, 5.74) is 2.66. The fourth-order valence-corrected chi connectivity index (χ4v) is 7.09. The summed E-state index contributed by atoms with van der Waals surface area (Å²) in [5, 5.41) is 31.7. The molecule has 0 bridgehead atoms. The molecule has 2 aromatic carbocycles. The maximum absolute atomic E-state index is 13.8. The van der Waals surface area contributed by atoms with E-state index in [-0.39, 0.29) is 37.8 Å². The van der Waals surface area contributed by atoms with Crippen LogP contribution in [-0.2, 0) is 27.3 Å². The van der Waals surface area contributed by atoms with Crippen molar-refractivity contribution in [2.45, 2.75) is 69.2 Å². The van der Waals surface area contributed by atoms with Crippen LogP contribution in [0.1, 0.15) is 48.7 Å². The second-order valence-corrected chi connectivity index (χ2v) is 13.7. The number of fused-ring (bicyclic) bond motifs is 1. The smallest absolute Gasteiger partial charge is 0.316 e. The first-order valence-corrected chi connectivity index (χ1v) is 16.1. The summed E-state index contributed by atoms with van der Waals surface area (Å²) in [6.07, 6.45) is -2.47. The highest BCUT2D eigenvalue weighted by Crippen LogP contribution is 2.40. The number of amides is 3. The molecule has 13 heteroatoms. The number of ether oxygens (including phenoxy) is 2. The number of thioether (sulfide) groups is 1. The second-order valence-electron chi connectivity index (χ2n) is 12.1. The van der Waals surface area contributed by atoms with Crippen molar-refractivity contribution in [2.24, 2.45) is 5.92 Å². The Morgan fingerprint density at radius 3 is 2.61 bits per heavy atom. The standard InChI is InChI=1S/C33H40N4O8S/c1-19-23(32(43-4)45-36-19)16-34-30(41)28-33(2,3)46-18-37(28)31(42)24(38)15-21(14-20-10-6-5-7-11-20)29(40)35-27-22-12-8-9-13-26(22)44-17-25(27)39/h5-13,21,24-25,27-28,38-39H,14-18H2,1-4H3,(H,34,41)(H,35,40)/t21-,24-,25+,27-,28+/m0/s1. The number of methoxy groups -OCH3 is 1. The molecular formula is C33H40N4O8S. The van der Waals surface area contributed by atoms with Crippen molar-refractivity contribution in [1.82, 2.24) is 20.7 Å². The molecule has 0 radical (unpaired) electrons. The van der Waals surface area contributed by atoms with E-state index < -0.39 is 52.7 Å². The third-order valence-electron chi connectivity index (χ3n) is 8.49. The highest BCUT2D eigenvalue weighted by molar-refractivity contribution is 8.00. The van der Waals surface area contributed by atoms with Gasteiger partial charge in [0.25, 0.3) is 5.91 Å². The lowest BCUT2D eigenvalue weighted by Gasteiger charge is -2.33. The van der Waals surface area contributed by atoms with Crippen LogP contribution < -0.4 is 20.1 Å². The van der Waals surface area contributed by atoms with Gasteiger partial charge in [-0.25, -0.2) is 0 Å². The van der Waals surface area contributed by atoms with E-state index in [0.29, 0.717) is 22.6 Å². The molecule has 0 unspecified atom stereocenters. The number of benzene rings is 2. The summed E-state index contributed by atoms with van der Waals surface area (Å²) < 4.78 is 15.3. The quantitative estimate of drug-likeness (QED) is 0.242. The van der Waals surface area contributed by atoms with Crippen LogP contribution >= 0.6 is 11.8 Å². The Bertz CT molecular complexity index is 1550. The number of aromatic nitrogens is 1. The molecule has 4 N–H and O–H groups in total. The van der Waals surface area contributed by atoms with Gasteiger partial charge in [0, 0.05) is 16.2 Å². The Hall–Kier alpha value is -4.07. The van der Waals surface area contributed by atoms with Gasteiger partial charge in [0.1, 0.15) is 30.6 Å². The number of carbonyl (C=O) groups is 3. The number of para-hydroxylation sites is 1. The molecule has 1 fully saturated rings. The van der Waals surface area contributed by atoms with Crippen LogP contribution in [-0.4, -0.2) is 80.6 Å². The summed E-state index contributed by atoms with van der Waals surface area (Å²) in [7, 11) is 1.44. The van der Waals surface area contributed by atoms with E-state index in [0.717, 1.165) is 5.56 Å². The number of aliphatic hydroxyl groups is 2. The predicted molar refractivity (Wildman–Crippen MR) is 170 cm³/mol. The van der Waals surface area contributed by atoms with Crippen molar-refractivity contribution in [2.75, 3.05) is 19.6 Å². The number of nitrogens with one attached hydrogen (secondary N) is 2. The lowest BCUT2D eigenvalue weighted by Crippen LogP contribution is -2.55. The molecule has 5 atom stereocenters. The third-order valence-corrected chi connectivity index (χ3v) is 9.86. The van der Waals surface area contributed by atoms with Gasteiger partial charge in [-0.3, -0.25) is 14.4 Å². The molecule has 1 aromatic heterocycles. The van der Waals surface area contributed by atoms with Crippen molar-refractivity contribution in [1.29, 1.82) is 0 Å². The minimum Gasteiger partial charge on any atom is -0.490 e. The van der Waals surface area contributed by atoms with Gasteiger partial charge in [0.2, 0.25) is 11.8 Å². The van der Waals surface area contributed by atoms with Crippen molar-refractivity contribution >= 4 is 29.5 Å².